The molecule has 3 atom stereocenters. The van der Waals surface area contributed by atoms with E-state index in [2.05, 4.69) is 10.3 Å². The predicted octanol–water partition coefficient (Wildman–Crippen LogP) is 4.43. The SMILES string of the molecule is Cc1ccccc1C1=CC=CC(O)(COc2cc(OCc3cncc(C#N)c3)c(CNC(CO)C(=O)O)cc2Cl)C1C. The molecular weight excluding hydrogens is 558 g/mol. The van der Waals surface area contributed by atoms with E-state index in [0.29, 0.717) is 22.4 Å². The highest BCUT2D eigenvalue weighted by atomic mass is 35.5. The fourth-order valence-electron chi connectivity index (χ4n) is 4.67. The van der Waals surface area contributed by atoms with Crippen molar-refractivity contribution in [2.45, 2.75) is 38.6 Å². The van der Waals surface area contributed by atoms with E-state index in [1.807, 2.05) is 56.3 Å². The van der Waals surface area contributed by atoms with Crippen LogP contribution in [0, 0.1) is 24.2 Å². The Bertz CT molecular complexity index is 1550. The largest absolute Gasteiger partial charge is 0.489 e. The molecule has 2 aromatic carbocycles. The molecule has 3 unspecified atom stereocenters. The summed E-state index contributed by atoms with van der Waals surface area (Å²) in [5.41, 5.74) is 3.37. The first-order chi connectivity index (χ1) is 20.1. The number of halogens is 1. The van der Waals surface area contributed by atoms with E-state index in [1.54, 1.807) is 30.5 Å². The molecule has 0 bridgehead atoms. The van der Waals surface area contributed by atoms with Crippen LogP contribution in [-0.4, -0.2) is 51.1 Å². The van der Waals surface area contributed by atoms with Crippen molar-refractivity contribution in [2.75, 3.05) is 13.2 Å². The molecule has 3 aromatic rings. The highest BCUT2D eigenvalue weighted by molar-refractivity contribution is 6.32. The molecule has 4 rings (SSSR count). The van der Waals surface area contributed by atoms with Crippen molar-refractivity contribution in [1.29, 1.82) is 5.26 Å². The van der Waals surface area contributed by atoms with Gasteiger partial charge in [-0.05, 0) is 41.8 Å². The van der Waals surface area contributed by atoms with Crippen LogP contribution in [0.25, 0.3) is 5.57 Å². The molecule has 0 saturated carbocycles. The van der Waals surface area contributed by atoms with Gasteiger partial charge in [0, 0.05) is 42.0 Å². The van der Waals surface area contributed by atoms with Gasteiger partial charge in [0.2, 0.25) is 0 Å². The molecule has 0 fully saturated rings. The first-order valence-corrected chi connectivity index (χ1v) is 13.7. The van der Waals surface area contributed by atoms with Crippen LogP contribution in [0.3, 0.4) is 0 Å². The van der Waals surface area contributed by atoms with Crippen molar-refractivity contribution in [3.05, 3.63) is 106 Å². The van der Waals surface area contributed by atoms with Crippen LogP contribution in [0.15, 0.2) is 73.1 Å². The quantitative estimate of drug-likeness (QED) is 0.241. The maximum Gasteiger partial charge on any atom is 0.323 e. The number of nitriles is 1. The maximum absolute atomic E-state index is 11.6. The molecule has 0 saturated heterocycles. The number of aryl methyl sites for hydroxylation is 1. The minimum atomic E-state index is -1.32. The number of carboxylic acid groups (broad SMARTS) is 1. The first-order valence-electron chi connectivity index (χ1n) is 13.3. The number of carbonyl (C=O) groups is 1. The summed E-state index contributed by atoms with van der Waals surface area (Å²) in [6, 6.07) is 13.7. The first kappa shape index (κ1) is 30.8. The molecule has 0 amide bonds. The zero-order valence-corrected chi connectivity index (χ0v) is 24.0. The summed E-state index contributed by atoms with van der Waals surface area (Å²) >= 11 is 6.58. The second-order valence-corrected chi connectivity index (χ2v) is 10.5. The molecule has 1 aliphatic rings. The molecule has 0 spiro atoms. The average Bonchev–Trinajstić information content (AvgIpc) is 2.98. The third kappa shape index (κ3) is 7.16. The van der Waals surface area contributed by atoms with Crippen molar-refractivity contribution in [1.82, 2.24) is 10.3 Å². The number of aliphatic hydroxyl groups is 2. The normalized spacial score (nSPS) is 18.6. The van der Waals surface area contributed by atoms with Crippen molar-refractivity contribution < 1.29 is 29.6 Å². The second-order valence-electron chi connectivity index (χ2n) is 10.1. The van der Waals surface area contributed by atoms with Gasteiger partial charge in [-0.25, -0.2) is 0 Å². The van der Waals surface area contributed by atoms with Crippen molar-refractivity contribution in [2.24, 2.45) is 5.92 Å². The second kappa shape index (κ2) is 13.6. The van der Waals surface area contributed by atoms with Gasteiger partial charge in [-0.1, -0.05) is 54.9 Å². The van der Waals surface area contributed by atoms with Crippen LogP contribution in [0.5, 0.6) is 11.5 Å². The lowest BCUT2D eigenvalue weighted by atomic mass is 9.76. The van der Waals surface area contributed by atoms with Crippen molar-refractivity contribution in [3.8, 4) is 17.6 Å². The number of allylic oxidation sites excluding steroid dienone is 2. The smallest absolute Gasteiger partial charge is 0.323 e. The van der Waals surface area contributed by atoms with Gasteiger partial charge in [-0.2, -0.15) is 5.26 Å². The van der Waals surface area contributed by atoms with Crippen molar-refractivity contribution in [3.63, 3.8) is 0 Å². The van der Waals surface area contributed by atoms with Gasteiger partial charge < -0.3 is 24.8 Å². The minimum Gasteiger partial charge on any atom is -0.489 e. The van der Waals surface area contributed by atoms with E-state index in [1.165, 1.54) is 6.20 Å². The van der Waals surface area contributed by atoms with Crippen LogP contribution in [0.2, 0.25) is 5.02 Å². The number of ether oxygens (including phenoxy) is 2. The van der Waals surface area contributed by atoms with Crippen LogP contribution in [-0.2, 0) is 17.9 Å². The Morgan fingerprint density at radius 2 is 2.00 bits per heavy atom. The van der Waals surface area contributed by atoms with E-state index in [-0.39, 0.29) is 36.4 Å². The van der Waals surface area contributed by atoms with Crippen molar-refractivity contribution >= 4 is 23.1 Å². The number of pyridine rings is 1. The molecule has 1 aliphatic carbocycles. The number of hydrogen-bond donors (Lipinski definition) is 4. The summed E-state index contributed by atoms with van der Waals surface area (Å²) in [6.45, 7) is 3.37. The number of aliphatic hydroxyl groups excluding tert-OH is 1. The molecule has 0 radical (unpaired) electrons. The number of carboxylic acids is 1. The maximum atomic E-state index is 11.6. The van der Waals surface area contributed by atoms with Gasteiger partial charge >= 0.3 is 5.97 Å². The lowest BCUT2D eigenvalue weighted by molar-refractivity contribution is -0.140. The predicted molar refractivity (Wildman–Crippen MR) is 158 cm³/mol. The lowest BCUT2D eigenvalue weighted by Crippen LogP contribution is -2.42. The molecule has 10 heteroatoms. The zero-order valence-electron chi connectivity index (χ0n) is 23.3. The summed E-state index contributed by atoms with van der Waals surface area (Å²) in [7, 11) is 0. The summed E-state index contributed by atoms with van der Waals surface area (Å²) in [5.74, 6) is -0.885. The zero-order chi connectivity index (χ0) is 30.3. The highest BCUT2D eigenvalue weighted by Crippen LogP contribution is 2.39. The van der Waals surface area contributed by atoms with E-state index >= 15 is 0 Å². The molecule has 0 aliphatic heterocycles. The topological polar surface area (TPSA) is 145 Å². The van der Waals surface area contributed by atoms with Crippen LogP contribution in [0.1, 0.15) is 34.7 Å². The number of nitrogens with one attached hydrogen (secondary N) is 1. The van der Waals surface area contributed by atoms with Gasteiger partial charge in [0.15, 0.2) is 0 Å². The van der Waals surface area contributed by atoms with Gasteiger partial charge in [0.25, 0.3) is 0 Å². The summed E-state index contributed by atoms with van der Waals surface area (Å²) < 4.78 is 12.1. The Balaban J connectivity index is 1.57. The fourth-order valence-corrected chi connectivity index (χ4v) is 4.91. The third-order valence-corrected chi connectivity index (χ3v) is 7.54. The lowest BCUT2D eigenvalue weighted by Gasteiger charge is -2.35. The minimum absolute atomic E-state index is 0.0254. The summed E-state index contributed by atoms with van der Waals surface area (Å²) in [5, 5.41) is 42.5. The Morgan fingerprint density at radius 3 is 2.71 bits per heavy atom. The Morgan fingerprint density at radius 1 is 1.21 bits per heavy atom. The summed E-state index contributed by atoms with van der Waals surface area (Å²) in [6.07, 6.45) is 8.54. The van der Waals surface area contributed by atoms with Gasteiger partial charge in [-0.3, -0.25) is 15.1 Å². The number of hydrogen-bond acceptors (Lipinski definition) is 8. The standard InChI is InChI=1S/C32H32ClN3O6/c1-20-6-3-4-7-25(20)26-8-5-9-32(40,21(26)2)19-42-30-12-29(41-18-23-10-22(13-34)14-35-15-23)24(11-27(30)33)16-36-28(17-37)31(38)39/h3-12,14-15,21,28,36-37,40H,16-19H2,1-2H3,(H,38,39). The number of aliphatic carboxylic acids is 1. The Hall–Kier alpha value is -4.20. The summed E-state index contributed by atoms with van der Waals surface area (Å²) in [4.78, 5) is 15.4. The van der Waals surface area contributed by atoms with E-state index < -0.39 is 24.2 Å². The molecule has 1 aromatic heterocycles. The fraction of sp³-hybridized carbons (Fsp3) is 0.281. The number of rotatable bonds is 12. The Labute approximate surface area is 249 Å². The van der Waals surface area contributed by atoms with E-state index in [0.717, 1.165) is 16.7 Å². The van der Waals surface area contributed by atoms with Crippen LogP contribution in [0.4, 0.5) is 0 Å². The van der Waals surface area contributed by atoms with E-state index in [4.69, 9.17) is 21.1 Å². The number of aromatic nitrogens is 1. The Kier molecular flexibility index (Phi) is 9.99. The average molecular weight is 590 g/mol. The van der Waals surface area contributed by atoms with Crippen LogP contribution < -0.4 is 14.8 Å². The van der Waals surface area contributed by atoms with Gasteiger partial charge in [0.1, 0.15) is 42.4 Å². The molecular formula is C32H32ClN3O6. The van der Waals surface area contributed by atoms with Gasteiger partial charge in [-0.15, -0.1) is 0 Å². The number of nitrogens with zero attached hydrogens (tertiary/aromatic N) is 2. The van der Waals surface area contributed by atoms with Crippen LogP contribution >= 0.6 is 11.6 Å². The third-order valence-electron chi connectivity index (χ3n) is 7.24. The molecule has 218 valence electrons. The van der Waals surface area contributed by atoms with Gasteiger partial charge in [0.05, 0.1) is 17.2 Å². The molecule has 4 N–H and O–H groups in total. The monoisotopic (exact) mass is 589 g/mol. The van der Waals surface area contributed by atoms with E-state index in [9.17, 15) is 25.4 Å². The molecule has 9 nitrogen and oxygen atoms in total. The highest BCUT2D eigenvalue weighted by Gasteiger charge is 2.37. The number of benzene rings is 2. The molecule has 42 heavy (non-hydrogen) atoms. The molecule has 1 heterocycles.